The summed E-state index contributed by atoms with van der Waals surface area (Å²) in [5.41, 5.74) is 2.34. The SMILES string of the molecule is COc1cc2c(cc1OCCCOc1nc3cc(C(=O)CCC(=O)[O-])sc3cc1OC)CN(C(=O)CCC(=O)[O-])C2.[Na+].[Na+]. The first-order chi connectivity index (χ1) is 19.7. The van der Waals surface area contributed by atoms with E-state index in [0.717, 1.165) is 11.1 Å². The number of aromatic nitrogens is 1. The van der Waals surface area contributed by atoms with Crippen molar-refractivity contribution in [2.45, 2.75) is 45.2 Å². The van der Waals surface area contributed by atoms with Gasteiger partial charge in [0.25, 0.3) is 5.88 Å². The molecule has 3 heterocycles. The van der Waals surface area contributed by atoms with E-state index in [2.05, 4.69) is 4.98 Å². The van der Waals surface area contributed by atoms with E-state index in [1.165, 1.54) is 25.6 Å². The fourth-order valence-corrected chi connectivity index (χ4v) is 5.29. The molecule has 0 N–H and O–H groups in total. The molecule has 0 radical (unpaired) electrons. The molecule has 0 saturated heterocycles. The van der Waals surface area contributed by atoms with Gasteiger partial charge in [0, 0.05) is 50.4 Å². The zero-order valence-corrected chi connectivity index (χ0v) is 29.4. The van der Waals surface area contributed by atoms with Crippen LogP contribution in [0.4, 0.5) is 0 Å². The number of ether oxygens (including phenoxy) is 4. The van der Waals surface area contributed by atoms with Crippen LogP contribution in [0.3, 0.4) is 0 Å². The van der Waals surface area contributed by atoms with Crippen LogP contribution in [0.2, 0.25) is 0 Å². The Bertz CT molecular complexity index is 1480. The molecule has 12 nitrogen and oxygen atoms in total. The van der Waals surface area contributed by atoms with E-state index in [1.807, 2.05) is 12.1 Å². The van der Waals surface area contributed by atoms with E-state index >= 15 is 0 Å². The zero-order chi connectivity index (χ0) is 29.5. The number of aliphatic carboxylic acids is 2. The predicted octanol–water partition coefficient (Wildman–Crippen LogP) is -4.75. The zero-order valence-electron chi connectivity index (χ0n) is 24.6. The first kappa shape index (κ1) is 36.8. The molecular weight excluding hydrogens is 602 g/mol. The summed E-state index contributed by atoms with van der Waals surface area (Å²) in [6.07, 6.45) is -0.428. The van der Waals surface area contributed by atoms with Gasteiger partial charge in [0.15, 0.2) is 23.0 Å². The molecular formula is C28H28N2Na2O10S. The quantitative estimate of drug-likeness (QED) is 0.0899. The fraction of sp³-hybridized carbons (Fsp3) is 0.393. The summed E-state index contributed by atoms with van der Waals surface area (Å²) in [5, 5.41) is 21.3. The molecule has 0 saturated carbocycles. The van der Waals surface area contributed by atoms with Crippen LogP contribution in [-0.2, 0) is 27.5 Å². The maximum atomic E-state index is 12.3. The Balaban J connectivity index is 0.00000323. The Morgan fingerprint density at radius 3 is 2.05 bits per heavy atom. The first-order valence-corrected chi connectivity index (χ1v) is 13.6. The predicted molar refractivity (Wildman–Crippen MR) is 142 cm³/mol. The van der Waals surface area contributed by atoms with Gasteiger partial charge in [-0.05, 0) is 42.2 Å². The fourth-order valence-electron chi connectivity index (χ4n) is 4.29. The molecule has 1 aliphatic rings. The number of rotatable bonds is 15. The maximum absolute atomic E-state index is 12.3. The average molecular weight is 631 g/mol. The van der Waals surface area contributed by atoms with Crippen LogP contribution < -0.4 is 88.3 Å². The maximum Gasteiger partial charge on any atom is 1.00 e. The molecule has 3 aromatic rings. The summed E-state index contributed by atoms with van der Waals surface area (Å²) in [7, 11) is 3.01. The van der Waals surface area contributed by atoms with E-state index in [1.54, 1.807) is 17.0 Å². The second-order valence-corrected chi connectivity index (χ2v) is 10.3. The van der Waals surface area contributed by atoms with E-state index < -0.39 is 11.9 Å². The normalized spacial score (nSPS) is 11.6. The molecule has 0 spiro atoms. The van der Waals surface area contributed by atoms with Gasteiger partial charge in [0.05, 0.1) is 42.5 Å². The second-order valence-electron chi connectivity index (χ2n) is 9.23. The summed E-state index contributed by atoms with van der Waals surface area (Å²) in [6, 6.07) is 6.96. The number of thiophene rings is 1. The number of carboxylic acids is 2. The third-order valence-electron chi connectivity index (χ3n) is 6.38. The van der Waals surface area contributed by atoms with E-state index in [0.29, 0.717) is 58.5 Å². The number of methoxy groups -OCH3 is 2. The minimum Gasteiger partial charge on any atom is -0.550 e. The number of Topliss-reactive ketones (excluding diaryl/α,β-unsaturated/α-hetero) is 1. The minimum atomic E-state index is -1.28. The van der Waals surface area contributed by atoms with Gasteiger partial charge >= 0.3 is 59.1 Å². The van der Waals surface area contributed by atoms with Gasteiger partial charge in [-0.25, -0.2) is 4.98 Å². The molecule has 0 unspecified atom stereocenters. The molecule has 0 atom stereocenters. The van der Waals surface area contributed by atoms with Crippen LogP contribution in [0.25, 0.3) is 10.2 Å². The van der Waals surface area contributed by atoms with Crippen LogP contribution in [0.5, 0.6) is 23.1 Å². The molecule has 0 fully saturated rings. The van der Waals surface area contributed by atoms with Crippen molar-refractivity contribution in [1.29, 1.82) is 0 Å². The summed E-state index contributed by atoms with van der Waals surface area (Å²) in [4.78, 5) is 52.4. The Kier molecular flexibility index (Phi) is 14.7. The van der Waals surface area contributed by atoms with Crippen LogP contribution in [-0.4, -0.2) is 60.9 Å². The van der Waals surface area contributed by atoms with Gasteiger partial charge in [0.1, 0.15) is 0 Å². The van der Waals surface area contributed by atoms with Crippen molar-refractivity contribution in [2.24, 2.45) is 0 Å². The molecule has 15 heteroatoms. The Hall–Kier alpha value is -2.39. The smallest absolute Gasteiger partial charge is 0.550 e. The molecule has 1 aliphatic heterocycles. The molecule has 1 aromatic carbocycles. The number of ketones is 1. The number of fused-ring (bicyclic) bond motifs is 2. The van der Waals surface area contributed by atoms with E-state index in [9.17, 15) is 29.4 Å². The number of carbonyl (C=O) groups excluding carboxylic acids is 4. The van der Waals surface area contributed by atoms with Gasteiger partial charge in [0.2, 0.25) is 5.91 Å². The van der Waals surface area contributed by atoms with Crippen LogP contribution in [0.1, 0.15) is 52.9 Å². The van der Waals surface area contributed by atoms with Crippen molar-refractivity contribution < 1.29 is 107 Å². The van der Waals surface area contributed by atoms with Gasteiger partial charge in [-0.1, -0.05) is 0 Å². The van der Waals surface area contributed by atoms with E-state index in [-0.39, 0.29) is 109 Å². The molecule has 0 aliphatic carbocycles. The molecule has 43 heavy (non-hydrogen) atoms. The number of nitrogens with zero attached hydrogens (tertiary/aromatic N) is 2. The minimum absolute atomic E-state index is 0. The topological polar surface area (TPSA) is 167 Å². The Morgan fingerprint density at radius 1 is 0.814 bits per heavy atom. The second kappa shape index (κ2) is 17.2. The number of hydrogen-bond donors (Lipinski definition) is 0. The number of amides is 1. The largest absolute Gasteiger partial charge is 1.00 e. The van der Waals surface area contributed by atoms with Crippen molar-refractivity contribution in [1.82, 2.24) is 9.88 Å². The van der Waals surface area contributed by atoms with Crippen molar-refractivity contribution in [3.8, 4) is 23.1 Å². The third-order valence-corrected chi connectivity index (χ3v) is 7.49. The van der Waals surface area contributed by atoms with Crippen molar-refractivity contribution in [2.75, 3.05) is 27.4 Å². The molecule has 0 bridgehead atoms. The third kappa shape index (κ3) is 9.80. The van der Waals surface area contributed by atoms with Gasteiger partial charge < -0.3 is 43.6 Å². The summed E-state index contributed by atoms with van der Waals surface area (Å²) >= 11 is 1.20. The van der Waals surface area contributed by atoms with Gasteiger partial charge in [-0.3, -0.25) is 9.59 Å². The molecule has 218 valence electrons. The number of hydrogen-bond acceptors (Lipinski definition) is 12. The monoisotopic (exact) mass is 630 g/mol. The Labute approximate surface area is 296 Å². The van der Waals surface area contributed by atoms with Crippen molar-refractivity contribution in [3.05, 3.63) is 40.3 Å². The van der Waals surface area contributed by atoms with Crippen LogP contribution in [0, 0.1) is 0 Å². The van der Waals surface area contributed by atoms with Gasteiger partial charge in [-0.15, -0.1) is 11.3 Å². The first-order valence-electron chi connectivity index (χ1n) is 12.8. The number of pyridine rings is 1. The van der Waals surface area contributed by atoms with Crippen molar-refractivity contribution >= 4 is 45.2 Å². The summed E-state index contributed by atoms with van der Waals surface area (Å²) < 4.78 is 23.3. The van der Waals surface area contributed by atoms with Crippen LogP contribution >= 0.6 is 11.3 Å². The molecule has 1 amide bonds. The Morgan fingerprint density at radius 2 is 1.42 bits per heavy atom. The van der Waals surface area contributed by atoms with Crippen molar-refractivity contribution in [3.63, 3.8) is 0 Å². The standard InChI is InChI=1S/C28H30N2O10S.2Na/c1-37-20-10-16-14-30(25(32)5-7-27(35)36)15-17(16)11-21(20)39-8-3-9-40-28-22(38-2)13-23-18(29-28)12-24(41-23)19(31)4-6-26(33)34;;/h10-13H,3-9,14-15H2,1-2H3,(H,33,34)(H,35,36);;/q;2*+1/p-2. The summed E-state index contributed by atoms with van der Waals surface area (Å²) in [6.45, 7) is 1.27. The molecule has 2 aromatic heterocycles. The van der Waals surface area contributed by atoms with Gasteiger partial charge in [-0.2, -0.15) is 0 Å². The number of carbonyl (C=O) groups is 4. The van der Waals surface area contributed by atoms with Crippen LogP contribution in [0.15, 0.2) is 24.3 Å². The number of carboxylic acid groups (broad SMARTS) is 2. The van der Waals surface area contributed by atoms with E-state index in [4.69, 9.17) is 18.9 Å². The number of benzene rings is 1. The summed E-state index contributed by atoms with van der Waals surface area (Å²) in [5.74, 6) is -1.41. The molecule has 4 rings (SSSR count). The average Bonchev–Trinajstić information content (AvgIpc) is 3.56.